The second-order valence-electron chi connectivity index (χ2n) is 11.7. The third-order valence-corrected chi connectivity index (χ3v) is 11.4. The third kappa shape index (κ3) is 6.98. The molecule has 1 aliphatic rings. The van der Waals surface area contributed by atoms with Crippen LogP contribution < -0.4 is 5.32 Å². The van der Waals surface area contributed by atoms with Crippen molar-refractivity contribution in [2.24, 2.45) is 0 Å². The smallest absolute Gasteiger partial charge is 0.281 e. The Morgan fingerprint density at radius 2 is 1.60 bits per heavy atom. The largest absolute Gasteiger partial charge is 0.313 e. The molecule has 0 bridgehead atoms. The van der Waals surface area contributed by atoms with Crippen molar-refractivity contribution < 1.29 is 18.0 Å². The van der Waals surface area contributed by atoms with Gasteiger partial charge in [0.1, 0.15) is 5.00 Å². The van der Waals surface area contributed by atoms with Gasteiger partial charge >= 0.3 is 0 Å². The molecule has 0 spiro atoms. The molecule has 1 amide bonds. The van der Waals surface area contributed by atoms with Crippen LogP contribution in [-0.2, 0) is 36.1 Å². The summed E-state index contributed by atoms with van der Waals surface area (Å²) in [7, 11) is -3.79. The maximum Gasteiger partial charge on any atom is 0.281 e. The van der Waals surface area contributed by atoms with E-state index in [2.05, 4.69) is 27.4 Å². The highest BCUT2D eigenvalue weighted by Crippen LogP contribution is 2.38. The summed E-state index contributed by atoms with van der Waals surface area (Å²) >= 11 is 1.41. The fourth-order valence-corrected chi connectivity index (χ4v) is 8.66. The van der Waals surface area contributed by atoms with Crippen LogP contribution in [0.25, 0.3) is 0 Å². The van der Waals surface area contributed by atoms with Gasteiger partial charge in [-0.2, -0.15) is 9.40 Å². The van der Waals surface area contributed by atoms with Crippen LogP contribution in [-0.4, -0.2) is 52.3 Å². The van der Waals surface area contributed by atoms with E-state index >= 15 is 0 Å². The standard InChI is InChI=1S/C36H37N5O4S2/c1-4-40(23-28-13-9-6-10-14-28)47(44,45)30-17-15-29(16-18-30)34(42)37-35-33(36(43)41-26(3)21-25(2)38-41)31-19-20-39(24-32(31)46-35)22-27-11-7-5-8-12-27/h5-18,21H,4,19-20,22-24H2,1-3H3,(H,37,42). The highest BCUT2D eigenvalue weighted by Gasteiger charge is 2.31. The van der Waals surface area contributed by atoms with E-state index in [1.54, 1.807) is 6.92 Å². The molecular formula is C36H37N5O4S2. The average molecular weight is 668 g/mol. The van der Waals surface area contributed by atoms with E-state index in [-0.39, 0.29) is 22.9 Å². The molecule has 0 saturated carbocycles. The van der Waals surface area contributed by atoms with E-state index < -0.39 is 15.9 Å². The summed E-state index contributed by atoms with van der Waals surface area (Å²) in [6.45, 7) is 8.26. The molecular weight excluding hydrogens is 631 g/mol. The van der Waals surface area contributed by atoms with Gasteiger partial charge in [-0.15, -0.1) is 11.3 Å². The van der Waals surface area contributed by atoms with Crippen molar-refractivity contribution in [3.05, 3.63) is 135 Å². The summed E-state index contributed by atoms with van der Waals surface area (Å²) in [6.07, 6.45) is 0.665. The Morgan fingerprint density at radius 3 is 2.21 bits per heavy atom. The van der Waals surface area contributed by atoms with Gasteiger partial charge in [-0.1, -0.05) is 67.6 Å². The molecule has 0 fully saturated rings. The number of carbonyl (C=O) groups is 2. The predicted molar refractivity (Wildman–Crippen MR) is 184 cm³/mol. The normalized spacial score (nSPS) is 13.4. The van der Waals surface area contributed by atoms with Crippen molar-refractivity contribution >= 4 is 38.2 Å². The number of amides is 1. The summed E-state index contributed by atoms with van der Waals surface area (Å²) in [5, 5.41) is 7.89. The van der Waals surface area contributed by atoms with Crippen LogP contribution in [0.15, 0.2) is 95.9 Å². The number of fused-ring (bicyclic) bond motifs is 1. The Hall–Kier alpha value is -4.42. The zero-order valence-electron chi connectivity index (χ0n) is 26.6. The summed E-state index contributed by atoms with van der Waals surface area (Å²) < 4.78 is 29.7. The van der Waals surface area contributed by atoms with Crippen molar-refractivity contribution in [2.75, 3.05) is 18.4 Å². The number of aryl methyl sites for hydroxylation is 2. The SMILES string of the molecule is CCN(Cc1ccccc1)S(=O)(=O)c1ccc(C(=O)Nc2sc3c(c2C(=O)n2nc(C)cc2C)CCN(Cc2ccccc2)C3)cc1. The van der Waals surface area contributed by atoms with Crippen molar-refractivity contribution in [2.45, 2.75) is 51.7 Å². The number of carbonyl (C=O) groups excluding carboxylic acids is 2. The number of rotatable bonds is 10. The van der Waals surface area contributed by atoms with Crippen molar-refractivity contribution in [3.8, 4) is 0 Å². The first kappa shape index (κ1) is 32.5. The molecule has 0 radical (unpaired) electrons. The molecule has 2 aromatic heterocycles. The molecule has 0 aliphatic carbocycles. The number of nitrogens with one attached hydrogen (secondary N) is 1. The molecule has 47 heavy (non-hydrogen) atoms. The molecule has 3 aromatic carbocycles. The van der Waals surface area contributed by atoms with Crippen LogP contribution in [0.1, 0.15) is 60.6 Å². The van der Waals surface area contributed by atoms with Crippen LogP contribution in [0.3, 0.4) is 0 Å². The van der Waals surface area contributed by atoms with Gasteiger partial charge in [0, 0.05) is 48.9 Å². The molecule has 5 aromatic rings. The maximum atomic E-state index is 14.0. The summed E-state index contributed by atoms with van der Waals surface area (Å²) in [6, 6.07) is 27.5. The Morgan fingerprint density at radius 1 is 0.936 bits per heavy atom. The Bertz CT molecular complexity index is 2000. The molecule has 0 unspecified atom stereocenters. The second kappa shape index (κ2) is 13.7. The van der Waals surface area contributed by atoms with Gasteiger partial charge in [0.05, 0.1) is 16.2 Å². The van der Waals surface area contributed by atoms with E-state index in [0.717, 1.165) is 40.5 Å². The number of thiophene rings is 1. The second-order valence-corrected chi connectivity index (χ2v) is 14.7. The quantitative estimate of drug-likeness (QED) is 0.188. The Labute approximate surface area is 279 Å². The number of hydrogen-bond acceptors (Lipinski definition) is 7. The lowest BCUT2D eigenvalue weighted by Gasteiger charge is -2.27. The van der Waals surface area contributed by atoms with Crippen molar-refractivity contribution in [3.63, 3.8) is 0 Å². The van der Waals surface area contributed by atoms with Gasteiger partial charge in [-0.05, 0) is 67.3 Å². The zero-order valence-corrected chi connectivity index (χ0v) is 28.3. The number of sulfonamides is 1. The molecule has 6 rings (SSSR count). The van der Waals surface area contributed by atoms with E-state index in [4.69, 9.17) is 0 Å². The third-order valence-electron chi connectivity index (χ3n) is 8.34. The fourth-order valence-electron chi connectivity index (χ4n) is 5.94. The minimum absolute atomic E-state index is 0.109. The first-order valence-electron chi connectivity index (χ1n) is 15.6. The predicted octanol–water partition coefficient (Wildman–Crippen LogP) is 6.27. The lowest BCUT2D eigenvalue weighted by molar-refractivity contribution is 0.0942. The molecule has 242 valence electrons. The minimum atomic E-state index is -3.79. The number of nitrogens with zero attached hydrogens (tertiary/aromatic N) is 4. The maximum absolute atomic E-state index is 14.0. The van der Waals surface area contributed by atoms with Gasteiger partial charge in [0.25, 0.3) is 11.8 Å². The number of aromatic nitrogens is 2. The molecule has 1 N–H and O–H groups in total. The van der Waals surface area contributed by atoms with E-state index in [0.29, 0.717) is 30.1 Å². The molecule has 1 aliphatic heterocycles. The van der Waals surface area contributed by atoms with Crippen LogP contribution in [0.5, 0.6) is 0 Å². The zero-order chi connectivity index (χ0) is 33.1. The van der Waals surface area contributed by atoms with Gasteiger partial charge in [0.15, 0.2) is 0 Å². The highest BCUT2D eigenvalue weighted by atomic mass is 32.2. The van der Waals surface area contributed by atoms with Crippen LogP contribution in [0.4, 0.5) is 5.00 Å². The highest BCUT2D eigenvalue weighted by molar-refractivity contribution is 7.89. The van der Waals surface area contributed by atoms with Crippen LogP contribution >= 0.6 is 11.3 Å². The number of hydrogen-bond donors (Lipinski definition) is 1. The van der Waals surface area contributed by atoms with Gasteiger partial charge < -0.3 is 5.32 Å². The topological polar surface area (TPSA) is 105 Å². The molecule has 3 heterocycles. The fraction of sp³-hybridized carbons (Fsp3) is 0.250. The van der Waals surface area contributed by atoms with E-state index in [1.807, 2.05) is 68.4 Å². The summed E-state index contributed by atoms with van der Waals surface area (Å²) in [4.78, 5) is 31.1. The monoisotopic (exact) mass is 667 g/mol. The van der Waals surface area contributed by atoms with Crippen molar-refractivity contribution in [1.82, 2.24) is 19.0 Å². The number of benzene rings is 3. The molecule has 11 heteroatoms. The first-order chi connectivity index (χ1) is 22.6. The van der Waals surface area contributed by atoms with E-state index in [1.165, 1.54) is 50.2 Å². The lowest BCUT2D eigenvalue weighted by atomic mass is 10.0. The van der Waals surface area contributed by atoms with Crippen molar-refractivity contribution in [1.29, 1.82) is 0 Å². The average Bonchev–Trinajstić information content (AvgIpc) is 3.61. The molecule has 0 saturated heterocycles. The Balaban J connectivity index is 1.25. The van der Waals surface area contributed by atoms with Gasteiger partial charge in [-0.25, -0.2) is 13.1 Å². The van der Waals surface area contributed by atoms with E-state index in [9.17, 15) is 18.0 Å². The minimum Gasteiger partial charge on any atom is -0.313 e. The molecule has 0 atom stereocenters. The molecule has 9 nitrogen and oxygen atoms in total. The summed E-state index contributed by atoms with van der Waals surface area (Å²) in [5.74, 6) is -0.702. The summed E-state index contributed by atoms with van der Waals surface area (Å²) in [5.41, 5.74) is 5.25. The van der Waals surface area contributed by atoms with Gasteiger partial charge in [-0.3, -0.25) is 14.5 Å². The lowest BCUT2D eigenvalue weighted by Crippen LogP contribution is -2.30. The van der Waals surface area contributed by atoms with Crippen LogP contribution in [0.2, 0.25) is 0 Å². The number of anilines is 1. The van der Waals surface area contributed by atoms with Gasteiger partial charge in [0.2, 0.25) is 10.0 Å². The Kier molecular flexibility index (Phi) is 9.51. The van der Waals surface area contributed by atoms with Crippen LogP contribution in [0, 0.1) is 13.8 Å². The first-order valence-corrected chi connectivity index (χ1v) is 17.8.